The van der Waals surface area contributed by atoms with Crippen molar-refractivity contribution < 1.29 is 24.2 Å². The van der Waals surface area contributed by atoms with Crippen molar-refractivity contribution in [1.82, 2.24) is 20.0 Å². The second-order valence-corrected chi connectivity index (χ2v) is 16.6. The van der Waals surface area contributed by atoms with E-state index in [1.165, 1.54) is 0 Å². The van der Waals surface area contributed by atoms with Gasteiger partial charge in [-0.2, -0.15) is 0 Å². The summed E-state index contributed by atoms with van der Waals surface area (Å²) in [7, 11) is -2.85. The number of carbonyl (C=O) groups is 2. The summed E-state index contributed by atoms with van der Waals surface area (Å²) in [5.41, 5.74) is 2.95. The van der Waals surface area contributed by atoms with Gasteiger partial charge in [-0.05, 0) is 49.3 Å². The number of aryl methyl sites for hydroxylation is 1. The van der Waals surface area contributed by atoms with Gasteiger partial charge in [-0.1, -0.05) is 36.4 Å². The summed E-state index contributed by atoms with van der Waals surface area (Å²) in [6.45, 7) is 10.4. The number of nitrogens with zero attached hydrogens (tertiary/aromatic N) is 4. The van der Waals surface area contributed by atoms with E-state index in [-0.39, 0.29) is 36.3 Å². The van der Waals surface area contributed by atoms with Crippen LogP contribution in [0.25, 0.3) is 10.9 Å². The van der Waals surface area contributed by atoms with Gasteiger partial charge in [-0.25, -0.2) is 0 Å². The molecular formula is C33H40N6O5Si. The third kappa shape index (κ3) is 5.52. The Labute approximate surface area is 263 Å². The number of fused-ring (bicyclic) bond motifs is 3. The summed E-state index contributed by atoms with van der Waals surface area (Å²) in [5.74, 6) is -0.702. The molecule has 4 N–H and O–H groups in total. The van der Waals surface area contributed by atoms with Crippen LogP contribution in [0.1, 0.15) is 30.2 Å². The van der Waals surface area contributed by atoms with E-state index in [4.69, 9.17) is 4.74 Å². The minimum Gasteiger partial charge on any atom is -0.432 e. The molecule has 0 radical (unpaired) electrons. The molecule has 45 heavy (non-hydrogen) atoms. The van der Waals surface area contributed by atoms with Crippen molar-refractivity contribution in [2.45, 2.75) is 63.1 Å². The van der Waals surface area contributed by atoms with Crippen LogP contribution in [0, 0.1) is 5.92 Å². The number of H-pyrrole nitrogens is 1. The molecule has 2 aromatic heterocycles. The predicted molar refractivity (Wildman–Crippen MR) is 174 cm³/mol. The number of amides is 2. The highest BCUT2D eigenvalue weighted by Gasteiger charge is 2.66. The van der Waals surface area contributed by atoms with Crippen LogP contribution in [-0.2, 0) is 39.3 Å². The first kappa shape index (κ1) is 30.9. The number of hydrogen-bond acceptors (Lipinski definition) is 7. The molecule has 0 saturated carbocycles. The van der Waals surface area contributed by atoms with Crippen LogP contribution >= 0.6 is 0 Å². The Morgan fingerprint density at radius 3 is 2.82 bits per heavy atom. The number of rotatable bonds is 11. The molecule has 2 aromatic carbocycles. The van der Waals surface area contributed by atoms with Crippen molar-refractivity contribution in [2.24, 2.45) is 5.92 Å². The van der Waals surface area contributed by atoms with Gasteiger partial charge in [0.15, 0.2) is 13.9 Å². The Balaban J connectivity index is 1.31. The van der Waals surface area contributed by atoms with E-state index in [1.807, 2.05) is 68.7 Å². The number of hydrogen-bond donors (Lipinski definition) is 4. The molecule has 1 saturated heterocycles. The molecule has 0 bridgehead atoms. The van der Waals surface area contributed by atoms with E-state index in [2.05, 4.69) is 27.2 Å². The molecule has 1 fully saturated rings. The minimum absolute atomic E-state index is 0.00889. The molecule has 4 atom stereocenters. The molecule has 2 aliphatic rings. The first-order valence-corrected chi connectivity index (χ1v) is 18.4. The van der Waals surface area contributed by atoms with Crippen LogP contribution in [0.3, 0.4) is 0 Å². The summed E-state index contributed by atoms with van der Waals surface area (Å²) >= 11 is 0. The van der Waals surface area contributed by atoms with Gasteiger partial charge in [0.2, 0.25) is 5.91 Å². The maximum absolute atomic E-state index is 14.4. The number of aliphatic hydroxyl groups excluding tert-OH is 1. The fraction of sp³-hybridized carbons (Fsp3) is 0.394. The Kier molecular flexibility index (Phi) is 8.25. The van der Waals surface area contributed by atoms with Crippen LogP contribution in [-0.4, -0.2) is 69.3 Å². The van der Waals surface area contributed by atoms with Crippen LogP contribution in [0.5, 0.6) is 0 Å². The lowest BCUT2D eigenvalue weighted by Crippen LogP contribution is -2.46. The van der Waals surface area contributed by atoms with Gasteiger partial charge >= 0.3 is 0 Å². The molecule has 11 nitrogen and oxygen atoms in total. The number of carbonyl (C=O) groups excluding carboxylic acids is 2. The van der Waals surface area contributed by atoms with Gasteiger partial charge in [-0.3, -0.25) is 14.3 Å². The van der Waals surface area contributed by atoms with Gasteiger partial charge in [0.25, 0.3) is 5.91 Å². The minimum atomic E-state index is -2.85. The maximum Gasteiger partial charge on any atom is 0.264 e. The molecule has 236 valence electrons. The zero-order chi connectivity index (χ0) is 31.9. The van der Waals surface area contributed by atoms with Crippen molar-refractivity contribution in [3.8, 4) is 0 Å². The molecule has 6 rings (SSSR count). The summed E-state index contributed by atoms with van der Waals surface area (Å²) in [6.07, 6.45) is 6.05. The second-order valence-electron chi connectivity index (χ2n) is 12.6. The third-order valence-corrected chi connectivity index (χ3v) is 11.7. The van der Waals surface area contributed by atoms with Crippen molar-refractivity contribution in [3.63, 3.8) is 0 Å². The highest BCUT2D eigenvalue weighted by atomic mass is 28.4. The van der Waals surface area contributed by atoms with E-state index in [1.54, 1.807) is 21.9 Å². The Morgan fingerprint density at radius 2 is 2.07 bits per heavy atom. The number of ether oxygens (including phenoxy) is 1. The lowest BCUT2D eigenvalue weighted by Gasteiger charge is -2.32. The quantitative estimate of drug-likeness (QED) is 0.146. The lowest BCUT2D eigenvalue weighted by atomic mass is 9.82. The SMILES string of the molecule is C=CCN1C(=O)[C@@]2(O[C@@H](CCn3cc(CCO)nn3)[C@H]([Si](C)(C)O)[C@H]2C)c2cc(NC(=O)Cc3c[nH]c4ccccc34)ccc21. The molecule has 4 heterocycles. The highest BCUT2D eigenvalue weighted by Crippen LogP contribution is 2.60. The number of aromatic nitrogens is 4. The fourth-order valence-electron chi connectivity index (χ4n) is 7.33. The summed E-state index contributed by atoms with van der Waals surface area (Å²) in [5, 5.41) is 21.6. The smallest absolute Gasteiger partial charge is 0.264 e. The first-order chi connectivity index (χ1) is 21.6. The molecule has 1 spiro atoms. The second kappa shape index (κ2) is 12.0. The number of para-hydroxylation sites is 1. The topological polar surface area (TPSA) is 146 Å². The number of aromatic amines is 1. The zero-order valence-corrected chi connectivity index (χ0v) is 26.9. The molecule has 0 aliphatic carbocycles. The van der Waals surface area contributed by atoms with E-state index in [9.17, 15) is 19.5 Å². The fourth-order valence-corrected chi connectivity index (χ4v) is 9.93. The summed E-state index contributed by atoms with van der Waals surface area (Å²) in [6, 6.07) is 13.4. The Morgan fingerprint density at radius 1 is 1.27 bits per heavy atom. The number of benzene rings is 2. The largest absolute Gasteiger partial charge is 0.432 e. The Bertz CT molecular complexity index is 1740. The van der Waals surface area contributed by atoms with Gasteiger partial charge in [-0.15, -0.1) is 11.7 Å². The molecule has 2 amide bonds. The van der Waals surface area contributed by atoms with Crippen LogP contribution < -0.4 is 10.2 Å². The van der Waals surface area contributed by atoms with Gasteiger partial charge in [0.1, 0.15) is 0 Å². The number of anilines is 2. The van der Waals surface area contributed by atoms with Crippen LogP contribution in [0.4, 0.5) is 11.4 Å². The van der Waals surface area contributed by atoms with E-state index in [0.29, 0.717) is 48.6 Å². The monoisotopic (exact) mass is 628 g/mol. The van der Waals surface area contributed by atoms with E-state index < -0.39 is 20.0 Å². The van der Waals surface area contributed by atoms with Crippen molar-refractivity contribution in [3.05, 3.63) is 84.3 Å². The standard InChI is InChI=1S/C33H40N6O5Si/c1-5-14-39-28-11-10-23(35-30(41)17-22-19-34-27-9-7-6-8-25(22)27)18-26(28)33(32(39)42)21(2)31(45(3,4)43)29(44-33)12-15-38-20-24(13-16-40)36-37-38/h5-11,18-21,29,31,34,40,43H,1,12-17H2,2-4H3,(H,35,41)/t21-,29+,31-,33+/m1/s1. The highest BCUT2D eigenvalue weighted by molar-refractivity contribution is 6.71. The summed E-state index contributed by atoms with van der Waals surface area (Å²) in [4.78, 5) is 44.0. The van der Waals surface area contributed by atoms with Crippen LogP contribution in [0.15, 0.2) is 67.5 Å². The van der Waals surface area contributed by atoms with E-state index in [0.717, 1.165) is 16.5 Å². The molecule has 4 aromatic rings. The van der Waals surface area contributed by atoms with Crippen molar-refractivity contribution in [2.75, 3.05) is 23.4 Å². The molecular weight excluding hydrogens is 588 g/mol. The normalized spacial score (nSPS) is 22.8. The zero-order valence-electron chi connectivity index (χ0n) is 25.9. The molecule has 2 aliphatic heterocycles. The maximum atomic E-state index is 14.4. The predicted octanol–water partition coefficient (Wildman–Crippen LogP) is 3.90. The summed E-state index contributed by atoms with van der Waals surface area (Å²) < 4.78 is 8.59. The number of aliphatic hydroxyl groups is 1. The molecule has 0 unspecified atom stereocenters. The molecule has 12 heteroatoms. The van der Waals surface area contributed by atoms with Gasteiger partial charge in [0.05, 0.1) is 23.9 Å². The number of nitrogens with one attached hydrogen (secondary N) is 2. The average molecular weight is 629 g/mol. The van der Waals surface area contributed by atoms with Crippen molar-refractivity contribution in [1.29, 1.82) is 0 Å². The third-order valence-electron chi connectivity index (χ3n) is 9.20. The first-order valence-electron chi connectivity index (χ1n) is 15.4. The average Bonchev–Trinajstić information content (AvgIpc) is 3.74. The van der Waals surface area contributed by atoms with Gasteiger partial charge < -0.3 is 29.8 Å². The van der Waals surface area contributed by atoms with Crippen LogP contribution in [0.2, 0.25) is 18.6 Å². The van der Waals surface area contributed by atoms with Crippen molar-refractivity contribution >= 4 is 42.4 Å². The Hall–Kier alpha value is -4.10. The lowest BCUT2D eigenvalue weighted by molar-refractivity contribution is -0.145. The van der Waals surface area contributed by atoms with E-state index >= 15 is 0 Å². The van der Waals surface area contributed by atoms with Gasteiger partial charge in [0, 0.05) is 72.1 Å².